The van der Waals surface area contributed by atoms with Crippen molar-refractivity contribution in [2.24, 2.45) is 5.92 Å². The smallest absolute Gasteiger partial charge is 0.135 e. The molecule has 4 nitrogen and oxygen atoms in total. The highest BCUT2D eigenvalue weighted by Gasteiger charge is 2.27. The SMILES string of the molecule is CC(C)CC(O)CNc1cc(Br)nc(C2CC2)n1. The largest absolute Gasteiger partial charge is 0.391 e. The molecular formula is C13H20BrN3O. The number of aliphatic hydroxyl groups excluding tert-OH is 1. The minimum absolute atomic E-state index is 0.330. The van der Waals surface area contributed by atoms with Crippen LogP contribution < -0.4 is 5.32 Å². The van der Waals surface area contributed by atoms with E-state index in [9.17, 15) is 5.11 Å². The minimum Gasteiger partial charge on any atom is -0.391 e. The van der Waals surface area contributed by atoms with Crippen LogP contribution in [0.1, 0.15) is 44.9 Å². The monoisotopic (exact) mass is 313 g/mol. The maximum absolute atomic E-state index is 9.82. The van der Waals surface area contributed by atoms with Gasteiger partial charge in [0.25, 0.3) is 0 Å². The Morgan fingerprint density at radius 2 is 2.17 bits per heavy atom. The summed E-state index contributed by atoms with van der Waals surface area (Å²) in [5.74, 6) is 2.73. The average molecular weight is 314 g/mol. The second-order valence-electron chi connectivity index (χ2n) is 5.37. The second kappa shape index (κ2) is 5.97. The highest BCUT2D eigenvalue weighted by molar-refractivity contribution is 9.10. The minimum atomic E-state index is -0.330. The van der Waals surface area contributed by atoms with Crippen molar-refractivity contribution in [3.05, 3.63) is 16.5 Å². The Morgan fingerprint density at radius 1 is 1.44 bits per heavy atom. The van der Waals surface area contributed by atoms with E-state index in [0.717, 1.165) is 22.7 Å². The van der Waals surface area contributed by atoms with Crippen LogP contribution in [0, 0.1) is 5.92 Å². The Morgan fingerprint density at radius 3 is 2.78 bits per heavy atom. The summed E-state index contributed by atoms with van der Waals surface area (Å²) >= 11 is 3.40. The number of nitrogens with zero attached hydrogens (tertiary/aromatic N) is 2. The van der Waals surface area contributed by atoms with Crippen molar-refractivity contribution in [2.75, 3.05) is 11.9 Å². The van der Waals surface area contributed by atoms with E-state index in [-0.39, 0.29) is 6.10 Å². The number of nitrogens with one attached hydrogen (secondary N) is 1. The van der Waals surface area contributed by atoms with Crippen molar-refractivity contribution in [3.8, 4) is 0 Å². The summed E-state index contributed by atoms with van der Waals surface area (Å²) in [7, 11) is 0. The number of rotatable bonds is 6. The van der Waals surface area contributed by atoms with Gasteiger partial charge in [-0.05, 0) is 41.1 Å². The predicted octanol–water partition coefficient (Wildman–Crippen LogP) is 2.94. The van der Waals surface area contributed by atoms with E-state index in [4.69, 9.17) is 0 Å². The van der Waals surface area contributed by atoms with Gasteiger partial charge in [0.1, 0.15) is 16.2 Å². The molecule has 1 saturated carbocycles. The lowest BCUT2D eigenvalue weighted by Gasteiger charge is -2.14. The lowest BCUT2D eigenvalue weighted by atomic mass is 10.1. The fourth-order valence-corrected chi connectivity index (χ4v) is 2.30. The van der Waals surface area contributed by atoms with Gasteiger partial charge in [-0.15, -0.1) is 0 Å². The molecule has 0 amide bonds. The molecule has 1 aromatic rings. The summed E-state index contributed by atoms with van der Waals surface area (Å²) in [6.07, 6.45) is 2.84. The Bertz CT molecular complexity index is 407. The zero-order chi connectivity index (χ0) is 13.1. The van der Waals surface area contributed by atoms with Crippen molar-refractivity contribution in [1.82, 2.24) is 9.97 Å². The van der Waals surface area contributed by atoms with Crippen LogP contribution in [0.2, 0.25) is 0 Å². The Labute approximate surface area is 116 Å². The summed E-state index contributed by atoms with van der Waals surface area (Å²) in [4.78, 5) is 8.86. The lowest BCUT2D eigenvalue weighted by molar-refractivity contribution is 0.161. The number of anilines is 1. The van der Waals surface area contributed by atoms with Crippen LogP contribution in [-0.4, -0.2) is 27.7 Å². The van der Waals surface area contributed by atoms with E-state index in [1.807, 2.05) is 6.07 Å². The van der Waals surface area contributed by atoms with Gasteiger partial charge < -0.3 is 10.4 Å². The standard InChI is InChI=1S/C13H20BrN3O/c1-8(2)5-10(18)7-15-12-6-11(14)16-13(17-12)9-3-4-9/h6,8-10,18H,3-5,7H2,1-2H3,(H,15,16,17). The molecule has 2 rings (SSSR count). The third-order valence-electron chi connectivity index (χ3n) is 2.92. The van der Waals surface area contributed by atoms with Crippen molar-refractivity contribution in [1.29, 1.82) is 0 Å². The molecule has 0 radical (unpaired) electrons. The summed E-state index contributed by atoms with van der Waals surface area (Å²) in [5.41, 5.74) is 0. The van der Waals surface area contributed by atoms with Crippen LogP contribution in [0.5, 0.6) is 0 Å². The molecule has 1 aliphatic rings. The van der Waals surface area contributed by atoms with E-state index >= 15 is 0 Å². The van der Waals surface area contributed by atoms with Gasteiger partial charge in [-0.1, -0.05) is 13.8 Å². The number of aliphatic hydroxyl groups is 1. The van der Waals surface area contributed by atoms with Crippen molar-refractivity contribution >= 4 is 21.7 Å². The topological polar surface area (TPSA) is 58.0 Å². The fourth-order valence-electron chi connectivity index (χ4n) is 1.90. The first-order valence-corrected chi connectivity index (χ1v) is 7.30. The van der Waals surface area contributed by atoms with Crippen LogP contribution in [-0.2, 0) is 0 Å². The lowest BCUT2D eigenvalue weighted by Crippen LogP contribution is -2.21. The normalized spacial score (nSPS) is 16.9. The van der Waals surface area contributed by atoms with E-state index in [2.05, 4.69) is 45.1 Å². The molecule has 0 aliphatic heterocycles. The second-order valence-corrected chi connectivity index (χ2v) is 6.19. The maximum Gasteiger partial charge on any atom is 0.135 e. The molecule has 18 heavy (non-hydrogen) atoms. The molecule has 1 unspecified atom stereocenters. The molecule has 0 bridgehead atoms. The zero-order valence-electron chi connectivity index (χ0n) is 10.9. The van der Waals surface area contributed by atoms with Crippen LogP contribution in [0.3, 0.4) is 0 Å². The van der Waals surface area contributed by atoms with Crippen LogP contribution in [0.25, 0.3) is 0 Å². The van der Waals surface area contributed by atoms with Crippen LogP contribution in [0.15, 0.2) is 10.7 Å². The zero-order valence-corrected chi connectivity index (χ0v) is 12.4. The summed E-state index contributed by atoms with van der Waals surface area (Å²) in [5, 5.41) is 13.0. The Balaban J connectivity index is 1.92. The molecule has 2 N–H and O–H groups in total. The fraction of sp³-hybridized carbons (Fsp3) is 0.692. The molecule has 1 aromatic heterocycles. The molecule has 1 aliphatic carbocycles. The molecule has 1 atom stereocenters. The Hall–Kier alpha value is -0.680. The first kappa shape index (κ1) is 13.7. The number of aromatic nitrogens is 2. The Kier molecular flexibility index (Phi) is 4.56. The highest BCUT2D eigenvalue weighted by atomic mass is 79.9. The van der Waals surface area contributed by atoms with Gasteiger partial charge in [-0.25, -0.2) is 9.97 Å². The quantitative estimate of drug-likeness (QED) is 0.793. The van der Waals surface area contributed by atoms with Gasteiger partial charge in [-0.2, -0.15) is 0 Å². The molecule has 0 spiro atoms. The molecule has 0 saturated heterocycles. The number of hydrogen-bond acceptors (Lipinski definition) is 4. The molecule has 5 heteroatoms. The van der Waals surface area contributed by atoms with E-state index in [0.29, 0.717) is 18.4 Å². The van der Waals surface area contributed by atoms with Gasteiger partial charge in [0.2, 0.25) is 0 Å². The summed E-state index contributed by atoms with van der Waals surface area (Å²) < 4.78 is 0.806. The van der Waals surface area contributed by atoms with Crippen LogP contribution in [0.4, 0.5) is 5.82 Å². The first-order chi connectivity index (χ1) is 8.54. The van der Waals surface area contributed by atoms with Crippen molar-refractivity contribution < 1.29 is 5.11 Å². The van der Waals surface area contributed by atoms with Gasteiger partial charge in [0.15, 0.2) is 0 Å². The van der Waals surface area contributed by atoms with Gasteiger partial charge in [-0.3, -0.25) is 0 Å². The predicted molar refractivity (Wildman–Crippen MR) is 75.7 cm³/mol. The van der Waals surface area contributed by atoms with Crippen molar-refractivity contribution in [2.45, 2.75) is 45.1 Å². The maximum atomic E-state index is 9.82. The number of hydrogen-bond donors (Lipinski definition) is 2. The van der Waals surface area contributed by atoms with Crippen molar-refractivity contribution in [3.63, 3.8) is 0 Å². The highest BCUT2D eigenvalue weighted by Crippen LogP contribution is 2.38. The van der Waals surface area contributed by atoms with Crippen LogP contribution >= 0.6 is 15.9 Å². The van der Waals surface area contributed by atoms with E-state index in [1.165, 1.54) is 12.8 Å². The van der Waals surface area contributed by atoms with E-state index in [1.54, 1.807) is 0 Å². The molecule has 1 fully saturated rings. The first-order valence-electron chi connectivity index (χ1n) is 6.51. The van der Waals surface area contributed by atoms with Gasteiger partial charge in [0, 0.05) is 18.5 Å². The van der Waals surface area contributed by atoms with Gasteiger partial charge in [0.05, 0.1) is 6.10 Å². The average Bonchev–Trinajstić information content (AvgIpc) is 3.08. The van der Waals surface area contributed by atoms with E-state index < -0.39 is 0 Å². The molecule has 100 valence electrons. The van der Waals surface area contributed by atoms with Gasteiger partial charge >= 0.3 is 0 Å². The number of halogens is 1. The molecule has 1 heterocycles. The molecular weight excluding hydrogens is 294 g/mol. The molecule has 0 aromatic carbocycles. The summed E-state index contributed by atoms with van der Waals surface area (Å²) in [6, 6.07) is 1.86. The third-order valence-corrected chi connectivity index (χ3v) is 3.32. The summed E-state index contributed by atoms with van der Waals surface area (Å²) in [6.45, 7) is 4.75. The third kappa shape index (κ3) is 4.21.